The Labute approximate surface area is 106 Å². The Morgan fingerprint density at radius 2 is 1.29 bits per heavy atom. The van der Waals surface area contributed by atoms with Crippen LogP contribution in [0.15, 0.2) is 0 Å². The Balaban J connectivity index is 2.08. The largest absolute Gasteiger partial charge is 0.324 e. The summed E-state index contributed by atoms with van der Waals surface area (Å²) in [6.07, 6.45) is 13.6. The van der Waals surface area contributed by atoms with E-state index in [0.717, 1.165) is 0 Å². The van der Waals surface area contributed by atoms with E-state index in [1.807, 2.05) is 0 Å². The summed E-state index contributed by atoms with van der Waals surface area (Å²) in [5.41, 5.74) is 6.56. The van der Waals surface area contributed by atoms with Crippen LogP contribution in [0, 0.1) is 23.2 Å². The van der Waals surface area contributed by atoms with Gasteiger partial charge in [0.15, 0.2) is 0 Å². The van der Waals surface area contributed by atoms with E-state index in [0.29, 0.717) is 18.3 Å². The van der Waals surface area contributed by atoms with Gasteiger partial charge in [0, 0.05) is 5.54 Å². The molecular weight excluding hydrogens is 208 g/mol. The molecule has 2 heteroatoms. The van der Waals surface area contributed by atoms with Crippen LogP contribution in [0.2, 0.25) is 0 Å². The van der Waals surface area contributed by atoms with Crippen LogP contribution in [-0.4, -0.2) is 5.54 Å². The molecule has 2 saturated carbocycles. The number of rotatable bonds is 3. The Kier molecular flexibility index (Phi) is 4.45. The molecule has 0 aromatic rings. The molecule has 2 aliphatic rings. The van der Waals surface area contributed by atoms with Crippen molar-refractivity contribution in [3.8, 4) is 6.07 Å². The second-order valence-corrected chi connectivity index (χ2v) is 6.12. The molecule has 0 atom stereocenters. The van der Waals surface area contributed by atoms with Gasteiger partial charge in [0.05, 0.1) is 12.5 Å². The van der Waals surface area contributed by atoms with Crippen molar-refractivity contribution in [3.05, 3.63) is 0 Å². The maximum Gasteiger partial charge on any atom is 0.0641 e. The van der Waals surface area contributed by atoms with Crippen LogP contribution in [0.5, 0.6) is 0 Å². The van der Waals surface area contributed by atoms with Gasteiger partial charge in [-0.05, 0) is 37.5 Å². The zero-order valence-corrected chi connectivity index (χ0v) is 11.0. The molecular formula is C15H26N2. The normalized spacial score (nSPS) is 24.5. The standard InChI is InChI=1S/C15H26N2/c16-12-11-15(17,13-7-3-1-4-8-13)14-9-5-2-6-10-14/h13-14H,1-11,17H2. The second kappa shape index (κ2) is 5.87. The lowest BCUT2D eigenvalue weighted by molar-refractivity contribution is 0.109. The minimum absolute atomic E-state index is 0.171. The molecule has 0 bridgehead atoms. The lowest BCUT2D eigenvalue weighted by Crippen LogP contribution is -2.54. The number of nitrogens with zero attached hydrogens (tertiary/aromatic N) is 1. The van der Waals surface area contributed by atoms with Gasteiger partial charge in [-0.15, -0.1) is 0 Å². The molecule has 0 saturated heterocycles. The summed E-state index contributed by atoms with van der Waals surface area (Å²) < 4.78 is 0. The van der Waals surface area contributed by atoms with Crippen molar-refractivity contribution in [3.63, 3.8) is 0 Å². The molecule has 17 heavy (non-hydrogen) atoms. The SMILES string of the molecule is N#CCC(N)(C1CCCCC1)C1CCCCC1. The van der Waals surface area contributed by atoms with Crippen molar-refractivity contribution in [1.82, 2.24) is 0 Å². The molecule has 0 amide bonds. The lowest BCUT2D eigenvalue weighted by atomic mass is 9.63. The lowest BCUT2D eigenvalue weighted by Gasteiger charge is -2.45. The van der Waals surface area contributed by atoms with Gasteiger partial charge >= 0.3 is 0 Å². The molecule has 0 aliphatic heterocycles. The first-order valence-electron chi connectivity index (χ1n) is 7.43. The van der Waals surface area contributed by atoms with E-state index >= 15 is 0 Å². The molecule has 0 aromatic carbocycles. The van der Waals surface area contributed by atoms with Crippen molar-refractivity contribution in [2.75, 3.05) is 0 Å². The third kappa shape index (κ3) is 2.83. The van der Waals surface area contributed by atoms with Crippen molar-refractivity contribution >= 4 is 0 Å². The van der Waals surface area contributed by atoms with Crippen LogP contribution in [-0.2, 0) is 0 Å². The maximum absolute atomic E-state index is 9.13. The van der Waals surface area contributed by atoms with E-state index < -0.39 is 0 Å². The predicted octanol–water partition coefficient (Wildman–Crippen LogP) is 3.76. The highest BCUT2D eigenvalue weighted by Gasteiger charge is 2.42. The fourth-order valence-electron chi connectivity index (χ4n) is 4.04. The maximum atomic E-state index is 9.13. The molecule has 96 valence electrons. The number of hydrogen-bond donors (Lipinski definition) is 1. The Morgan fingerprint density at radius 1 is 0.882 bits per heavy atom. The van der Waals surface area contributed by atoms with Crippen LogP contribution in [0.3, 0.4) is 0 Å². The average Bonchev–Trinajstić information content (AvgIpc) is 2.41. The first-order valence-corrected chi connectivity index (χ1v) is 7.43. The van der Waals surface area contributed by atoms with E-state index in [9.17, 15) is 0 Å². The Hall–Kier alpha value is -0.550. The summed E-state index contributed by atoms with van der Waals surface area (Å²) in [6, 6.07) is 2.38. The predicted molar refractivity (Wildman–Crippen MR) is 70.3 cm³/mol. The van der Waals surface area contributed by atoms with E-state index in [1.165, 1.54) is 64.2 Å². The number of nitriles is 1. The zero-order valence-electron chi connectivity index (χ0n) is 11.0. The Morgan fingerprint density at radius 3 is 1.65 bits per heavy atom. The zero-order chi connectivity index (χ0) is 12.1. The summed E-state index contributed by atoms with van der Waals surface area (Å²) in [5.74, 6) is 1.22. The van der Waals surface area contributed by atoms with E-state index in [1.54, 1.807) is 0 Å². The third-order valence-corrected chi connectivity index (χ3v) is 5.12. The van der Waals surface area contributed by atoms with Gasteiger partial charge < -0.3 is 5.73 Å². The summed E-state index contributed by atoms with van der Waals surface area (Å²) in [6.45, 7) is 0. The minimum Gasteiger partial charge on any atom is -0.324 e. The topological polar surface area (TPSA) is 49.8 Å². The van der Waals surface area contributed by atoms with E-state index in [2.05, 4.69) is 6.07 Å². The van der Waals surface area contributed by atoms with Crippen molar-refractivity contribution in [1.29, 1.82) is 5.26 Å². The molecule has 2 N–H and O–H groups in total. The molecule has 2 rings (SSSR count). The highest BCUT2D eigenvalue weighted by molar-refractivity contribution is 5.03. The molecule has 0 unspecified atom stereocenters. The second-order valence-electron chi connectivity index (χ2n) is 6.12. The first kappa shape index (κ1) is 12.9. The van der Waals surface area contributed by atoms with Crippen molar-refractivity contribution < 1.29 is 0 Å². The molecule has 0 spiro atoms. The Bertz CT molecular complexity index is 249. The van der Waals surface area contributed by atoms with E-state index in [-0.39, 0.29) is 5.54 Å². The van der Waals surface area contributed by atoms with Gasteiger partial charge in [-0.2, -0.15) is 5.26 Å². The molecule has 2 aliphatic carbocycles. The summed E-state index contributed by atoms with van der Waals surface area (Å²) in [7, 11) is 0. The monoisotopic (exact) mass is 234 g/mol. The van der Waals surface area contributed by atoms with E-state index in [4.69, 9.17) is 11.0 Å². The van der Waals surface area contributed by atoms with Gasteiger partial charge in [-0.1, -0.05) is 38.5 Å². The molecule has 2 fully saturated rings. The highest BCUT2D eigenvalue weighted by Crippen LogP contribution is 2.42. The first-order chi connectivity index (χ1) is 8.27. The molecule has 2 nitrogen and oxygen atoms in total. The van der Waals surface area contributed by atoms with Crippen LogP contribution >= 0.6 is 0 Å². The quantitative estimate of drug-likeness (QED) is 0.808. The summed E-state index contributed by atoms with van der Waals surface area (Å²) in [5, 5.41) is 9.13. The fourth-order valence-corrected chi connectivity index (χ4v) is 4.04. The highest BCUT2D eigenvalue weighted by atomic mass is 14.8. The van der Waals surface area contributed by atoms with Gasteiger partial charge in [0.2, 0.25) is 0 Å². The number of nitrogens with two attached hydrogens (primary N) is 1. The summed E-state index contributed by atoms with van der Waals surface area (Å²) >= 11 is 0. The van der Waals surface area contributed by atoms with Crippen molar-refractivity contribution in [2.45, 2.75) is 76.2 Å². The van der Waals surface area contributed by atoms with Gasteiger partial charge in [0.1, 0.15) is 0 Å². The molecule has 0 heterocycles. The van der Waals surface area contributed by atoms with Crippen LogP contribution in [0.4, 0.5) is 0 Å². The molecule has 0 radical (unpaired) electrons. The molecule has 0 aromatic heterocycles. The van der Waals surface area contributed by atoms with Crippen molar-refractivity contribution in [2.24, 2.45) is 17.6 Å². The summed E-state index contributed by atoms with van der Waals surface area (Å²) in [4.78, 5) is 0. The fraction of sp³-hybridized carbons (Fsp3) is 0.933. The van der Waals surface area contributed by atoms with Crippen LogP contribution in [0.1, 0.15) is 70.6 Å². The number of hydrogen-bond acceptors (Lipinski definition) is 2. The van der Waals surface area contributed by atoms with Crippen LogP contribution < -0.4 is 5.73 Å². The van der Waals surface area contributed by atoms with Crippen LogP contribution in [0.25, 0.3) is 0 Å². The van der Waals surface area contributed by atoms with Gasteiger partial charge in [0.25, 0.3) is 0 Å². The smallest absolute Gasteiger partial charge is 0.0641 e. The van der Waals surface area contributed by atoms with Gasteiger partial charge in [-0.25, -0.2) is 0 Å². The van der Waals surface area contributed by atoms with Gasteiger partial charge in [-0.3, -0.25) is 0 Å². The average molecular weight is 234 g/mol. The minimum atomic E-state index is -0.171. The third-order valence-electron chi connectivity index (χ3n) is 5.12.